The predicted molar refractivity (Wildman–Crippen MR) is 144 cm³/mol. The normalized spacial score (nSPS) is 14.8. The van der Waals surface area contributed by atoms with Crippen LogP contribution in [0.1, 0.15) is 47.9 Å². The number of hydrogen-bond donors (Lipinski definition) is 2. The number of halogens is 3. The number of nitrogens with one attached hydrogen (secondary N) is 1. The van der Waals surface area contributed by atoms with Crippen LogP contribution in [0.2, 0.25) is 0 Å². The molecule has 2 N–H and O–H groups in total. The van der Waals surface area contributed by atoms with Crippen molar-refractivity contribution in [2.45, 2.75) is 44.9 Å². The van der Waals surface area contributed by atoms with E-state index in [9.17, 15) is 23.1 Å². The summed E-state index contributed by atoms with van der Waals surface area (Å²) in [4.78, 5) is 29.9. The number of carboxylic acids is 1. The standard InChI is InChI=1S/C29H25F3N6O2/c1-16(18-6-4-7-18)34-24-23-25(36-26(35-24)28(39)40)37-27(22-21-8-3-2-5-19(21)13-14-33-22)38(23)15-17-9-11-20(12-10-17)29(30,31)32/h2-3,5,8-14,16,18H,4,6-7,15H2,1H3,(H,39,40)(H,34,35,36)/t16-/m1/s1. The molecule has 6 rings (SSSR count). The van der Waals surface area contributed by atoms with E-state index in [0.29, 0.717) is 34.3 Å². The number of aromatic nitrogens is 5. The second-order valence-corrected chi connectivity index (χ2v) is 10.1. The Labute approximate surface area is 226 Å². The Morgan fingerprint density at radius 1 is 1.07 bits per heavy atom. The third-order valence-corrected chi connectivity index (χ3v) is 7.52. The first kappa shape index (κ1) is 25.7. The van der Waals surface area contributed by atoms with Crippen LogP contribution in [0.3, 0.4) is 0 Å². The smallest absolute Gasteiger partial charge is 0.416 e. The molecule has 40 heavy (non-hydrogen) atoms. The van der Waals surface area contributed by atoms with Crippen LogP contribution in [-0.2, 0) is 12.7 Å². The van der Waals surface area contributed by atoms with Crippen molar-refractivity contribution in [3.05, 3.63) is 77.7 Å². The van der Waals surface area contributed by atoms with Gasteiger partial charge in [0.25, 0.3) is 0 Å². The van der Waals surface area contributed by atoms with Crippen LogP contribution in [0.4, 0.5) is 19.0 Å². The highest BCUT2D eigenvalue weighted by Gasteiger charge is 2.31. The molecule has 2 aromatic carbocycles. The number of rotatable bonds is 7. The van der Waals surface area contributed by atoms with E-state index in [1.165, 1.54) is 12.1 Å². The summed E-state index contributed by atoms with van der Waals surface area (Å²) in [6, 6.07) is 14.5. The van der Waals surface area contributed by atoms with Gasteiger partial charge in [-0.2, -0.15) is 13.2 Å². The Hall–Kier alpha value is -4.54. The lowest BCUT2D eigenvalue weighted by Gasteiger charge is -2.32. The molecule has 1 aliphatic carbocycles. The number of benzene rings is 2. The van der Waals surface area contributed by atoms with Crippen molar-refractivity contribution in [3.63, 3.8) is 0 Å². The lowest BCUT2D eigenvalue weighted by molar-refractivity contribution is -0.137. The van der Waals surface area contributed by atoms with E-state index in [1.54, 1.807) is 10.8 Å². The fourth-order valence-corrected chi connectivity index (χ4v) is 5.12. The van der Waals surface area contributed by atoms with E-state index in [0.717, 1.165) is 42.2 Å². The largest absolute Gasteiger partial charge is 0.475 e. The summed E-state index contributed by atoms with van der Waals surface area (Å²) in [5, 5.41) is 14.9. The number of carboxylic acid groups (broad SMARTS) is 1. The fraction of sp³-hybridized carbons (Fsp3) is 0.276. The summed E-state index contributed by atoms with van der Waals surface area (Å²) < 4.78 is 41.5. The maximum atomic E-state index is 13.2. The quantitative estimate of drug-likeness (QED) is 0.243. The maximum Gasteiger partial charge on any atom is 0.416 e. The van der Waals surface area contributed by atoms with E-state index in [2.05, 4.69) is 20.3 Å². The number of carbonyl (C=O) groups is 1. The highest BCUT2D eigenvalue weighted by atomic mass is 19.4. The molecule has 8 nitrogen and oxygen atoms in total. The molecule has 0 spiro atoms. The van der Waals surface area contributed by atoms with Gasteiger partial charge in [0.05, 0.1) is 5.56 Å². The van der Waals surface area contributed by atoms with Gasteiger partial charge in [-0.05, 0) is 54.8 Å². The zero-order chi connectivity index (χ0) is 28.0. The third-order valence-electron chi connectivity index (χ3n) is 7.52. The van der Waals surface area contributed by atoms with Crippen molar-refractivity contribution in [2.75, 3.05) is 5.32 Å². The minimum absolute atomic E-state index is 0.0158. The molecule has 0 unspecified atom stereocenters. The second-order valence-electron chi connectivity index (χ2n) is 10.1. The van der Waals surface area contributed by atoms with Crippen molar-refractivity contribution in [3.8, 4) is 11.5 Å². The molecule has 204 valence electrons. The van der Waals surface area contributed by atoms with Crippen molar-refractivity contribution < 1.29 is 23.1 Å². The van der Waals surface area contributed by atoms with Crippen molar-refractivity contribution in [2.24, 2.45) is 5.92 Å². The summed E-state index contributed by atoms with van der Waals surface area (Å²) in [5.41, 5.74) is 1.01. The molecule has 1 atom stereocenters. The highest BCUT2D eigenvalue weighted by Crippen LogP contribution is 2.35. The van der Waals surface area contributed by atoms with Crippen molar-refractivity contribution >= 4 is 33.7 Å². The van der Waals surface area contributed by atoms with Crippen molar-refractivity contribution in [1.82, 2.24) is 24.5 Å². The summed E-state index contributed by atoms with van der Waals surface area (Å²) in [5.74, 6) is -0.546. The Bertz CT molecular complexity index is 1720. The van der Waals surface area contributed by atoms with Crippen LogP contribution in [0.25, 0.3) is 33.5 Å². The topological polar surface area (TPSA) is 106 Å². The predicted octanol–water partition coefficient (Wildman–Crippen LogP) is 6.41. The van der Waals surface area contributed by atoms with Crippen molar-refractivity contribution in [1.29, 1.82) is 0 Å². The first-order valence-electron chi connectivity index (χ1n) is 13.0. The molecule has 0 bridgehead atoms. The average molecular weight is 547 g/mol. The van der Waals surface area contributed by atoms with E-state index in [4.69, 9.17) is 4.98 Å². The molecule has 0 aliphatic heterocycles. The second kappa shape index (κ2) is 9.89. The van der Waals surface area contributed by atoms with Gasteiger partial charge in [-0.1, -0.05) is 42.8 Å². The third kappa shape index (κ3) is 4.72. The van der Waals surface area contributed by atoms with Gasteiger partial charge in [0.15, 0.2) is 17.3 Å². The summed E-state index contributed by atoms with van der Waals surface area (Å²) in [6.07, 6.45) is 0.465. The minimum Gasteiger partial charge on any atom is -0.475 e. The van der Waals surface area contributed by atoms with Crippen LogP contribution in [0.15, 0.2) is 60.8 Å². The number of pyridine rings is 1. The highest BCUT2D eigenvalue weighted by molar-refractivity contribution is 5.97. The van der Waals surface area contributed by atoms with E-state index in [-0.39, 0.29) is 18.2 Å². The van der Waals surface area contributed by atoms with Gasteiger partial charge in [-0.15, -0.1) is 0 Å². The Morgan fingerprint density at radius 2 is 1.82 bits per heavy atom. The molecule has 1 fully saturated rings. The van der Waals surface area contributed by atoms with Gasteiger partial charge in [0.2, 0.25) is 5.82 Å². The Balaban J connectivity index is 1.57. The fourth-order valence-electron chi connectivity index (χ4n) is 5.12. The minimum atomic E-state index is -4.45. The summed E-state index contributed by atoms with van der Waals surface area (Å²) in [6.45, 7) is 2.17. The van der Waals surface area contributed by atoms with Gasteiger partial charge >= 0.3 is 12.1 Å². The van der Waals surface area contributed by atoms with Gasteiger partial charge < -0.3 is 15.0 Å². The molecule has 3 heterocycles. The molecule has 1 aliphatic rings. The van der Waals surface area contributed by atoms with Crippen LogP contribution in [-0.4, -0.2) is 41.6 Å². The lowest BCUT2D eigenvalue weighted by Crippen LogP contribution is -2.31. The number of anilines is 1. The van der Waals surface area contributed by atoms with Gasteiger partial charge in [0.1, 0.15) is 11.2 Å². The van der Waals surface area contributed by atoms with E-state index < -0.39 is 23.5 Å². The molecular weight excluding hydrogens is 521 g/mol. The van der Waals surface area contributed by atoms with Crippen LogP contribution < -0.4 is 5.32 Å². The SMILES string of the molecule is C[C@@H](Nc1nc(C(=O)O)nc2nc(-c3nccc4ccccc34)n(Cc3ccc(C(F)(F)F)cc3)c12)C1CCC1. The molecule has 5 aromatic rings. The monoisotopic (exact) mass is 546 g/mol. The van der Waals surface area contributed by atoms with E-state index >= 15 is 0 Å². The first-order chi connectivity index (χ1) is 19.2. The lowest BCUT2D eigenvalue weighted by atomic mass is 9.80. The molecule has 0 saturated heterocycles. The number of aromatic carboxylic acids is 1. The van der Waals surface area contributed by atoms with Gasteiger partial charge in [-0.25, -0.2) is 19.7 Å². The number of nitrogens with zero attached hydrogens (tertiary/aromatic N) is 5. The van der Waals surface area contributed by atoms with Gasteiger partial charge in [0, 0.05) is 24.2 Å². The number of hydrogen-bond acceptors (Lipinski definition) is 6. The molecular formula is C29H25F3N6O2. The molecule has 0 radical (unpaired) electrons. The Morgan fingerprint density at radius 3 is 2.50 bits per heavy atom. The maximum absolute atomic E-state index is 13.2. The zero-order valence-corrected chi connectivity index (χ0v) is 21.5. The van der Waals surface area contributed by atoms with E-state index in [1.807, 2.05) is 37.3 Å². The van der Waals surface area contributed by atoms with Crippen LogP contribution in [0.5, 0.6) is 0 Å². The van der Waals surface area contributed by atoms with Gasteiger partial charge in [-0.3, -0.25) is 4.98 Å². The molecule has 3 aromatic heterocycles. The Kier molecular flexibility index (Phi) is 6.36. The zero-order valence-electron chi connectivity index (χ0n) is 21.5. The molecule has 11 heteroatoms. The summed E-state index contributed by atoms with van der Waals surface area (Å²) >= 11 is 0. The average Bonchev–Trinajstić information content (AvgIpc) is 3.25. The van der Waals surface area contributed by atoms with Crippen LogP contribution >= 0.6 is 0 Å². The van der Waals surface area contributed by atoms with Crippen LogP contribution in [0, 0.1) is 5.92 Å². The summed E-state index contributed by atoms with van der Waals surface area (Å²) in [7, 11) is 0. The molecule has 0 amide bonds. The number of alkyl halides is 3. The number of imidazole rings is 1. The molecule has 1 saturated carbocycles. The number of fused-ring (bicyclic) bond motifs is 2. The first-order valence-corrected chi connectivity index (χ1v) is 13.0.